The molecule has 0 spiro atoms. The minimum atomic E-state index is 0.335. The van der Waals surface area contributed by atoms with Gasteiger partial charge < -0.3 is 5.32 Å². The highest BCUT2D eigenvalue weighted by molar-refractivity contribution is 5.33. The van der Waals surface area contributed by atoms with Crippen molar-refractivity contribution in [3.05, 3.63) is 64.0 Å². The standard InChI is InChI=1S/C19H26N2/c1-13-8-6-7-9-18(13)10-11-20-16(4)19-14(2)12-15(3)21-17(19)5/h6-9,12,16,20H,10-11H2,1-5H3. The summed E-state index contributed by atoms with van der Waals surface area (Å²) in [6.45, 7) is 11.7. The summed E-state index contributed by atoms with van der Waals surface area (Å²) >= 11 is 0. The summed E-state index contributed by atoms with van der Waals surface area (Å²) in [6, 6.07) is 11.1. The molecule has 0 saturated heterocycles. The third kappa shape index (κ3) is 3.92. The van der Waals surface area contributed by atoms with Crippen LogP contribution in [0.25, 0.3) is 0 Å². The Kier molecular flexibility index (Phi) is 5.13. The van der Waals surface area contributed by atoms with E-state index in [-0.39, 0.29) is 0 Å². The van der Waals surface area contributed by atoms with E-state index in [1.54, 1.807) is 0 Å². The first-order chi connectivity index (χ1) is 9.99. The molecule has 2 aromatic rings. The van der Waals surface area contributed by atoms with E-state index in [2.05, 4.69) is 75.3 Å². The molecule has 0 radical (unpaired) electrons. The van der Waals surface area contributed by atoms with Crippen molar-refractivity contribution in [1.82, 2.24) is 10.3 Å². The fraction of sp³-hybridized carbons (Fsp3) is 0.421. The van der Waals surface area contributed by atoms with E-state index >= 15 is 0 Å². The van der Waals surface area contributed by atoms with Crippen LogP contribution in [0.1, 0.15) is 46.6 Å². The molecule has 0 aliphatic rings. The van der Waals surface area contributed by atoms with Gasteiger partial charge in [0.15, 0.2) is 0 Å². The van der Waals surface area contributed by atoms with Crippen LogP contribution in [-0.4, -0.2) is 11.5 Å². The lowest BCUT2D eigenvalue weighted by Crippen LogP contribution is -2.23. The van der Waals surface area contributed by atoms with Gasteiger partial charge >= 0.3 is 0 Å². The van der Waals surface area contributed by atoms with Crippen molar-refractivity contribution in [2.24, 2.45) is 0 Å². The summed E-state index contributed by atoms with van der Waals surface area (Å²) in [7, 11) is 0. The van der Waals surface area contributed by atoms with Gasteiger partial charge in [0.25, 0.3) is 0 Å². The van der Waals surface area contributed by atoms with E-state index in [1.165, 1.54) is 22.3 Å². The molecule has 1 unspecified atom stereocenters. The monoisotopic (exact) mass is 282 g/mol. The molecule has 0 fully saturated rings. The second-order valence-electron chi connectivity index (χ2n) is 5.93. The van der Waals surface area contributed by atoms with Gasteiger partial charge in [0.05, 0.1) is 0 Å². The molecule has 2 nitrogen and oxygen atoms in total. The predicted octanol–water partition coefficient (Wildman–Crippen LogP) is 4.21. The minimum absolute atomic E-state index is 0.335. The number of aryl methyl sites for hydroxylation is 4. The fourth-order valence-electron chi connectivity index (χ4n) is 3.10. The lowest BCUT2D eigenvalue weighted by Gasteiger charge is -2.19. The van der Waals surface area contributed by atoms with Gasteiger partial charge in [-0.2, -0.15) is 0 Å². The molecule has 112 valence electrons. The number of pyridine rings is 1. The number of nitrogens with zero attached hydrogens (tertiary/aromatic N) is 1. The van der Waals surface area contributed by atoms with Crippen molar-refractivity contribution in [2.75, 3.05) is 6.54 Å². The van der Waals surface area contributed by atoms with Gasteiger partial charge in [-0.05, 0) is 75.9 Å². The molecule has 0 bridgehead atoms. The van der Waals surface area contributed by atoms with Crippen molar-refractivity contribution in [3.8, 4) is 0 Å². The average Bonchev–Trinajstić information content (AvgIpc) is 2.39. The molecule has 1 aromatic heterocycles. The molecule has 0 amide bonds. The topological polar surface area (TPSA) is 24.9 Å². The lowest BCUT2D eigenvalue weighted by atomic mass is 10.00. The summed E-state index contributed by atoms with van der Waals surface area (Å²) in [5.74, 6) is 0. The van der Waals surface area contributed by atoms with Gasteiger partial charge in [0, 0.05) is 17.4 Å². The number of nitrogens with one attached hydrogen (secondary N) is 1. The van der Waals surface area contributed by atoms with Crippen molar-refractivity contribution in [2.45, 2.75) is 47.1 Å². The van der Waals surface area contributed by atoms with Gasteiger partial charge in [-0.1, -0.05) is 24.3 Å². The van der Waals surface area contributed by atoms with E-state index in [1.807, 2.05) is 0 Å². The Bertz CT molecular complexity index is 594. The van der Waals surface area contributed by atoms with Gasteiger partial charge in [-0.15, -0.1) is 0 Å². The highest BCUT2D eigenvalue weighted by atomic mass is 14.9. The zero-order valence-corrected chi connectivity index (χ0v) is 13.8. The second-order valence-corrected chi connectivity index (χ2v) is 5.93. The van der Waals surface area contributed by atoms with Crippen LogP contribution in [-0.2, 0) is 6.42 Å². The van der Waals surface area contributed by atoms with Crippen LogP contribution in [0.15, 0.2) is 30.3 Å². The molecule has 2 rings (SSSR count). The van der Waals surface area contributed by atoms with E-state index in [0.717, 1.165) is 24.4 Å². The predicted molar refractivity (Wildman–Crippen MR) is 89.7 cm³/mol. The highest BCUT2D eigenvalue weighted by Gasteiger charge is 2.12. The maximum Gasteiger partial charge on any atom is 0.0426 e. The van der Waals surface area contributed by atoms with Crippen LogP contribution >= 0.6 is 0 Å². The van der Waals surface area contributed by atoms with E-state index in [0.29, 0.717) is 6.04 Å². The molecule has 1 aromatic carbocycles. The number of rotatable bonds is 5. The van der Waals surface area contributed by atoms with Gasteiger partial charge in [-0.25, -0.2) is 0 Å². The lowest BCUT2D eigenvalue weighted by molar-refractivity contribution is 0.568. The van der Waals surface area contributed by atoms with Crippen LogP contribution in [0.5, 0.6) is 0 Å². The second kappa shape index (κ2) is 6.86. The summed E-state index contributed by atoms with van der Waals surface area (Å²) in [5, 5.41) is 3.64. The third-order valence-electron chi connectivity index (χ3n) is 4.12. The molecular weight excluding hydrogens is 256 g/mol. The number of hydrogen-bond donors (Lipinski definition) is 1. The molecule has 1 heterocycles. The van der Waals surface area contributed by atoms with E-state index in [9.17, 15) is 0 Å². The number of hydrogen-bond acceptors (Lipinski definition) is 2. The van der Waals surface area contributed by atoms with Gasteiger partial charge in [0.1, 0.15) is 0 Å². The maximum atomic E-state index is 4.60. The summed E-state index contributed by atoms with van der Waals surface area (Å²) in [6.07, 6.45) is 1.06. The van der Waals surface area contributed by atoms with Crippen molar-refractivity contribution >= 4 is 0 Å². The first-order valence-electron chi connectivity index (χ1n) is 7.71. The van der Waals surface area contributed by atoms with Crippen molar-refractivity contribution in [1.29, 1.82) is 0 Å². The van der Waals surface area contributed by atoms with Crippen molar-refractivity contribution < 1.29 is 0 Å². The molecule has 0 aliphatic carbocycles. The van der Waals surface area contributed by atoms with Crippen LogP contribution in [0.4, 0.5) is 0 Å². The smallest absolute Gasteiger partial charge is 0.0426 e. The molecule has 1 N–H and O–H groups in total. The first kappa shape index (κ1) is 15.7. The molecule has 0 aliphatic heterocycles. The van der Waals surface area contributed by atoms with Crippen molar-refractivity contribution in [3.63, 3.8) is 0 Å². The third-order valence-corrected chi connectivity index (χ3v) is 4.12. The number of benzene rings is 1. The molecule has 0 saturated carbocycles. The minimum Gasteiger partial charge on any atom is -0.310 e. The first-order valence-corrected chi connectivity index (χ1v) is 7.71. The van der Waals surface area contributed by atoms with Crippen LogP contribution in [0.3, 0.4) is 0 Å². The van der Waals surface area contributed by atoms with Gasteiger partial charge in [0.2, 0.25) is 0 Å². The zero-order valence-electron chi connectivity index (χ0n) is 13.8. The SMILES string of the molecule is Cc1cc(C)c(C(C)NCCc2ccccc2C)c(C)n1. The molecule has 1 atom stereocenters. The molecular formula is C19H26N2. The van der Waals surface area contributed by atoms with Crippen LogP contribution in [0, 0.1) is 27.7 Å². The Morgan fingerprint density at radius 1 is 1.05 bits per heavy atom. The normalized spacial score (nSPS) is 12.4. The van der Waals surface area contributed by atoms with Gasteiger partial charge in [-0.3, -0.25) is 4.98 Å². The Balaban J connectivity index is 2.00. The largest absolute Gasteiger partial charge is 0.310 e. The summed E-state index contributed by atoms with van der Waals surface area (Å²) < 4.78 is 0. The molecule has 2 heteroatoms. The Morgan fingerprint density at radius 2 is 1.76 bits per heavy atom. The Hall–Kier alpha value is -1.67. The fourth-order valence-corrected chi connectivity index (χ4v) is 3.10. The highest BCUT2D eigenvalue weighted by Crippen LogP contribution is 2.21. The number of aromatic nitrogens is 1. The Labute approximate surface area is 128 Å². The zero-order chi connectivity index (χ0) is 15.4. The molecule has 21 heavy (non-hydrogen) atoms. The summed E-state index contributed by atoms with van der Waals surface area (Å²) in [5.41, 5.74) is 7.70. The average molecular weight is 282 g/mol. The Morgan fingerprint density at radius 3 is 2.43 bits per heavy atom. The van der Waals surface area contributed by atoms with Crippen LogP contribution in [0.2, 0.25) is 0 Å². The quantitative estimate of drug-likeness (QED) is 0.888. The van der Waals surface area contributed by atoms with E-state index in [4.69, 9.17) is 0 Å². The van der Waals surface area contributed by atoms with Crippen LogP contribution < -0.4 is 5.32 Å². The summed E-state index contributed by atoms with van der Waals surface area (Å²) in [4.78, 5) is 4.60. The maximum absolute atomic E-state index is 4.60. The van der Waals surface area contributed by atoms with E-state index < -0.39 is 0 Å².